The van der Waals surface area contributed by atoms with Gasteiger partial charge in [0.1, 0.15) is 12.4 Å². The molecule has 1 atom stereocenters. The summed E-state index contributed by atoms with van der Waals surface area (Å²) in [7, 11) is 1.25. The van der Waals surface area contributed by atoms with Crippen molar-refractivity contribution in [2.45, 2.75) is 6.42 Å². The molecule has 146 valence electrons. The van der Waals surface area contributed by atoms with Crippen molar-refractivity contribution >= 4 is 35.1 Å². The number of nitrogens with one attached hydrogen (secondary N) is 1. The predicted molar refractivity (Wildman–Crippen MR) is 102 cm³/mol. The first-order chi connectivity index (χ1) is 13.5. The molecule has 0 unspecified atom stereocenters. The van der Waals surface area contributed by atoms with E-state index in [4.69, 9.17) is 21.1 Å². The van der Waals surface area contributed by atoms with Crippen LogP contribution in [0.1, 0.15) is 15.9 Å². The minimum Gasteiger partial charge on any atom is -0.492 e. The quantitative estimate of drug-likeness (QED) is 0.772. The molecule has 0 saturated heterocycles. The molecule has 0 spiro atoms. The number of esters is 2. The van der Waals surface area contributed by atoms with Gasteiger partial charge >= 0.3 is 11.9 Å². The summed E-state index contributed by atoms with van der Waals surface area (Å²) >= 11 is 5.97. The lowest BCUT2D eigenvalue weighted by Gasteiger charge is -2.24. The number of hydrogen-bond donors (Lipinski definition) is 1. The Morgan fingerprint density at radius 3 is 2.79 bits per heavy atom. The molecule has 2 aromatic rings. The number of halogens is 1. The molecule has 7 nitrogen and oxygen atoms in total. The van der Waals surface area contributed by atoms with E-state index in [2.05, 4.69) is 10.1 Å². The van der Waals surface area contributed by atoms with Crippen LogP contribution in [0.25, 0.3) is 0 Å². The average Bonchev–Trinajstić information content (AvgIpc) is 2.71. The average molecular weight is 404 g/mol. The monoisotopic (exact) mass is 403 g/mol. The molecule has 8 heteroatoms. The molecule has 1 aliphatic rings. The lowest BCUT2D eigenvalue weighted by atomic mass is 9.97. The summed E-state index contributed by atoms with van der Waals surface area (Å²) in [6.45, 7) is -0.312. The molecular formula is C20H18ClNO6. The van der Waals surface area contributed by atoms with E-state index in [1.54, 1.807) is 36.4 Å². The van der Waals surface area contributed by atoms with Crippen LogP contribution in [-0.4, -0.2) is 38.2 Å². The van der Waals surface area contributed by atoms with Crippen LogP contribution in [0.5, 0.6) is 5.75 Å². The van der Waals surface area contributed by atoms with Gasteiger partial charge in [-0.15, -0.1) is 0 Å². The molecule has 0 radical (unpaired) electrons. The van der Waals surface area contributed by atoms with Gasteiger partial charge in [0.2, 0.25) is 0 Å². The number of benzene rings is 2. The third-order valence-electron chi connectivity index (χ3n) is 4.21. The zero-order chi connectivity index (χ0) is 20.1. The Morgan fingerprint density at radius 1 is 1.21 bits per heavy atom. The van der Waals surface area contributed by atoms with Crippen molar-refractivity contribution in [2.75, 3.05) is 25.6 Å². The van der Waals surface area contributed by atoms with Crippen LogP contribution < -0.4 is 10.1 Å². The SMILES string of the molecule is COC(=O)c1ccccc1NC(=O)COC(=O)[C@H]1COc2ccc(Cl)cc2C1. The zero-order valence-corrected chi connectivity index (χ0v) is 15.8. The molecule has 0 saturated carbocycles. The second-order valence-electron chi connectivity index (χ2n) is 6.16. The lowest BCUT2D eigenvalue weighted by molar-refractivity contribution is -0.152. The molecule has 0 aliphatic carbocycles. The Balaban J connectivity index is 1.55. The fraction of sp³-hybridized carbons (Fsp3) is 0.250. The fourth-order valence-corrected chi connectivity index (χ4v) is 3.03. The zero-order valence-electron chi connectivity index (χ0n) is 15.1. The van der Waals surface area contributed by atoms with Gasteiger partial charge in [-0.05, 0) is 42.3 Å². The van der Waals surface area contributed by atoms with Crippen molar-refractivity contribution in [1.82, 2.24) is 0 Å². The van der Waals surface area contributed by atoms with Crippen molar-refractivity contribution in [1.29, 1.82) is 0 Å². The summed E-state index contributed by atoms with van der Waals surface area (Å²) in [6.07, 6.45) is 0.418. The van der Waals surface area contributed by atoms with Gasteiger partial charge in [0.15, 0.2) is 6.61 Å². The minimum absolute atomic E-state index is 0.167. The summed E-state index contributed by atoms with van der Waals surface area (Å²) in [5.41, 5.74) is 1.30. The largest absolute Gasteiger partial charge is 0.492 e. The number of methoxy groups -OCH3 is 1. The molecule has 0 fully saturated rings. The van der Waals surface area contributed by atoms with Gasteiger partial charge in [-0.25, -0.2) is 4.79 Å². The number of fused-ring (bicyclic) bond motifs is 1. The Labute approximate surface area is 166 Å². The molecule has 3 rings (SSSR count). The van der Waals surface area contributed by atoms with E-state index in [1.807, 2.05) is 0 Å². The third kappa shape index (κ3) is 4.61. The number of amides is 1. The maximum absolute atomic E-state index is 12.3. The highest BCUT2D eigenvalue weighted by atomic mass is 35.5. The first kappa shape index (κ1) is 19.7. The number of hydrogen-bond acceptors (Lipinski definition) is 6. The summed E-state index contributed by atoms with van der Waals surface area (Å²) in [4.78, 5) is 36.1. The van der Waals surface area contributed by atoms with Crippen LogP contribution in [0.2, 0.25) is 5.02 Å². The van der Waals surface area contributed by atoms with Gasteiger partial charge in [-0.1, -0.05) is 23.7 Å². The van der Waals surface area contributed by atoms with Gasteiger partial charge < -0.3 is 19.5 Å². The van der Waals surface area contributed by atoms with Crippen molar-refractivity contribution in [2.24, 2.45) is 5.92 Å². The van der Waals surface area contributed by atoms with Gasteiger partial charge in [-0.3, -0.25) is 9.59 Å². The van der Waals surface area contributed by atoms with Crippen LogP contribution in [0.15, 0.2) is 42.5 Å². The van der Waals surface area contributed by atoms with Crippen molar-refractivity contribution in [3.63, 3.8) is 0 Å². The summed E-state index contributed by atoms with van der Waals surface area (Å²) in [5.74, 6) is -1.52. The van der Waals surface area contributed by atoms with Gasteiger partial charge in [-0.2, -0.15) is 0 Å². The molecular weight excluding hydrogens is 386 g/mol. The minimum atomic E-state index is -0.579. The normalized spacial score (nSPS) is 15.0. The number of ether oxygens (including phenoxy) is 3. The van der Waals surface area contributed by atoms with Crippen molar-refractivity contribution in [3.8, 4) is 5.75 Å². The van der Waals surface area contributed by atoms with E-state index in [1.165, 1.54) is 13.2 Å². The first-order valence-electron chi connectivity index (χ1n) is 8.53. The van der Waals surface area contributed by atoms with Gasteiger partial charge in [0.25, 0.3) is 5.91 Å². The molecule has 0 bridgehead atoms. The molecule has 1 N–H and O–H groups in total. The van der Waals surface area contributed by atoms with E-state index in [9.17, 15) is 14.4 Å². The van der Waals surface area contributed by atoms with Crippen LogP contribution in [-0.2, 0) is 25.5 Å². The van der Waals surface area contributed by atoms with Gasteiger partial charge in [0, 0.05) is 5.02 Å². The topological polar surface area (TPSA) is 90.9 Å². The maximum atomic E-state index is 12.3. The Morgan fingerprint density at radius 2 is 2.00 bits per heavy atom. The number of carbonyl (C=O) groups excluding carboxylic acids is 3. The summed E-state index contributed by atoms with van der Waals surface area (Å²) in [5, 5.41) is 3.10. The lowest BCUT2D eigenvalue weighted by Crippen LogP contribution is -2.32. The number of para-hydroxylation sites is 1. The van der Waals surface area contributed by atoms with Crippen molar-refractivity contribution < 1.29 is 28.6 Å². The Kier molecular flexibility index (Phi) is 6.16. The molecule has 1 aliphatic heterocycles. The van der Waals surface area contributed by atoms with Crippen LogP contribution in [0.4, 0.5) is 5.69 Å². The number of anilines is 1. The van der Waals surface area contributed by atoms with E-state index in [0.717, 1.165) is 5.56 Å². The number of rotatable bonds is 5. The van der Waals surface area contributed by atoms with Crippen LogP contribution in [0, 0.1) is 5.92 Å². The van der Waals surface area contributed by atoms with Gasteiger partial charge in [0.05, 0.1) is 24.3 Å². The molecule has 0 aromatic heterocycles. The highest BCUT2D eigenvalue weighted by molar-refractivity contribution is 6.30. The fourth-order valence-electron chi connectivity index (χ4n) is 2.84. The molecule has 1 heterocycles. The first-order valence-corrected chi connectivity index (χ1v) is 8.90. The van der Waals surface area contributed by atoms with E-state index in [-0.39, 0.29) is 17.9 Å². The smallest absolute Gasteiger partial charge is 0.339 e. The van der Waals surface area contributed by atoms with Crippen LogP contribution >= 0.6 is 11.6 Å². The third-order valence-corrected chi connectivity index (χ3v) is 4.45. The highest BCUT2D eigenvalue weighted by Gasteiger charge is 2.28. The molecule has 28 heavy (non-hydrogen) atoms. The van der Waals surface area contributed by atoms with Crippen molar-refractivity contribution in [3.05, 3.63) is 58.6 Å². The highest BCUT2D eigenvalue weighted by Crippen LogP contribution is 2.30. The predicted octanol–water partition coefficient (Wildman–Crippen LogP) is 2.86. The Bertz CT molecular complexity index is 913. The summed E-state index contributed by atoms with van der Waals surface area (Å²) in [6, 6.07) is 11.6. The van der Waals surface area contributed by atoms with Crippen LogP contribution in [0.3, 0.4) is 0 Å². The van der Waals surface area contributed by atoms with E-state index in [0.29, 0.717) is 17.2 Å². The Hall–Kier alpha value is -3.06. The standard InChI is InChI=1S/C20H18ClNO6/c1-26-20(25)15-4-2-3-5-16(15)22-18(23)11-28-19(24)13-8-12-9-14(21)6-7-17(12)27-10-13/h2-7,9,13H,8,10-11H2,1H3,(H,22,23)/t13-/m1/s1. The summed E-state index contributed by atoms with van der Waals surface area (Å²) < 4.78 is 15.3. The maximum Gasteiger partial charge on any atom is 0.339 e. The second-order valence-corrected chi connectivity index (χ2v) is 6.59. The second kappa shape index (κ2) is 8.75. The molecule has 1 amide bonds. The number of carbonyl (C=O) groups is 3. The molecule has 2 aromatic carbocycles. The van der Waals surface area contributed by atoms with E-state index < -0.39 is 30.4 Å². The van der Waals surface area contributed by atoms with E-state index >= 15 is 0 Å².